The first-order valence-electron chi connectivity index (χ1n) is 7.43. The molecule has 1 fully saturated rings. The minimum atomic E-state index is 0.0213. The minimum absolute atomic E-state index is 0.0213. The zero-order chi connectivity index (χ0) is 14.5. The Kier molecular flexibility index (Phi) is 5.01. The number of benzene rings is 1. The van der Waals surface area contributed by atoms with Crippen LogP contribution in [0.25, 0.3) is 0 Å². The first-order valence-corrected chi connectivity index (χ1v) is 7.43. The van der Waals surface area contributed by atoms with Gasteiger partial charge < -0.3 is 15.5 Å². The predicted molar refractivity (Wildman–Crippen MR) is 83.3 cm³/mol. The van der Waals surface area contributed by atoms with Gasteiger partial charge in [0.25, 0.3) is 5.91 Å². The molecule has 2 N–H and O–H groups in total. The molecule has 1 unspecified atom stereocenters. The molecule has 1 aromatic carbocycles. The summed E-state index contributed by atoms with van der Waals surface area (Å²) in [5.74, 6) is 0.606. The van der Waals surface area contributed by atoms with Crippen LogP contribution in [-0.4, -0.2) is 44.0 Å². The van der Waals surface area contributed by atoms with Crippen molar-refractivity contribution in [3.8, 4) is 0 Å². The number of hydrogen-bond acceptors (Lipinski definition) is 3. The summed E-state index contributed by atoms with van der Waals surface area (Å²) in [6.07, 6.45) is 1.18. The summed E-state index contributed by atoms with van der Waals surface area (Å²) in [5.41, 5.74) is 2.72. The second-order valence-electron chi connectivity index (χ2n) is 5.56. The zero-order valence-corrected chi connectivity index (χ0v) is 12.7. The van der Waals surface area contributed by atoms with Crippen LogP contribution in [0.4, 0.5) is 5.69 Å². The van der Waals surface area contributed by atoms with Crippen molar-refractivity contribution in [2.75, 3.05) is 38.5 Å². The van der Waals surface area contributed by atoms with Gasteiger partial charge in [-0.1, -0.05) is 18.6 Å². The van der Waals surface area contributed by atoms with Crippen LogP contribution in [-0.2, 0) is 0 Å². The van der Waals surface area contributed by atoms with Crippen LogP contribution in [0, 0.1) is 12.8 Å². The van der Waals surface area contributed by atoms with Gasteiger partial charge in [-0.3, -0.25) is 4.79 Å². The Labute approximate surface area is 121 Å². The van der Waals surface area contributed by atoms with Gasteiger partial charge >= 0.3 is 0 Å². The molecule has 1 amide bonds. The smallest absolute Gasteiger partial charge is 0.253 e. The van der Waals surface area contributed by atoms with Gasteiger partial charge in [-0.2, -0.15) is 0 Å². The molecular weight excluding hydrogens is 250 g/mol. The molecule has 1 aliphatic rings. The van der Waals surface area contributed by atoms with E-state index < -0.39 is 0 Å². The van der Waals surface area contributed by atoms with Crippen LogP contribution in [0.3, 0.4) is 0 Å². The van der Waals surface area contributed by atoms with Crippen LogP contribution < -0.4 is 10.6 Å². The molecule has 4 heteroatoms. The van der Waals surface area contributed by atoms with E-state index in [1.807, 2.05) is 32.2 Å². The highest BCUT2D eigenvalue weighted by Crippen LogP contribution is 2.18. The number of carbonyl (C=O) groups is 1. The lowest BCUT2D eigenvalue weighted by Crippen LogP contribution is -2.31. The van der Waals surface area contributed by atoms with Crippen LogP contribution >= 0.6 is 0 Å². The van der Waals surface area contributed by atoms with E-state index in [0.717, 1.165) is 43.0 Å². The maximum atomic E-state index is 12.3. The minimum Gasteiger partial charge on any atom is -0.387 e. The van der Waals surface area contributed by atoms with E-state index >= 15 is 0 Å². The van der Waals surface area contributed by atoms with Gasteiger partial charge in [0.15, 0.2) is 0 Å². The summed E-state index contributed by atoms with van der Waals surface area (Å²) in [4.78, 5) is 14.8. The molecular formula is C16H25N3O. The van der Waals surface area contributed by atoms with Crippen molar-refractivity contribution in [2.45, 2.75) is 20.3 Å². The SMILES string of the molecule is CCN1CCC(CNC(=O)c2cc(C)ccc2NC)C1. The summed E-state index contributed by atoms with van der Waals surface area (Å²) in [6, 6.07) is 5.91. The summed E-state index contributed by atoms with van der Waals surface area (Å²) in [5, 5.41) is 6.16. The summed E-state index contributed by atoms with van der Waals surface area (Å²) in [7, 11) is 1.84. The highest BCUT2D eigenvalue weighted by atomic mass is 16.1. The number of nitrogens with zero attached hydrogens (tertiary/aromatic N) is 1. The number of carbonyl (C=O) groups excluding carboxylic acids is 1. The van der Waals surface area contributed by atoms with Gasteiger partial charge in [0, 0.05) is 25.8 Å². The summed E-state index contributed by atoms with van der Waals surface area (Å²) < 4.78 is 0. The fraction of sp³-hybridized carbons (Fsp3) is 0.562. The van der Waals surface area contributed by atoms with Crippen molar-refractivity contribution < 1.29 is 4.79 Å². The first kappa shape index (κ1) is 14.9. The van der Waals surface area contributed by atoms with Crippen molar-refractivity contribution >= 4 is 11.6 Å². The number of likely N-dealkylation sites (tertiary alicyclic amines) is 1. The average Bonchev–Trinajstić information content (AvgIpc) is 2.92. The number of nitrogens with one attached hydrogen (secondary N) is 2. The second-order valence-corrected chi connectivity index (χ2v) is 5.56. The van der Waals surface area contributed by atoms with Gasteiger partial charge in [0.1, 0.15) is 0 Å². The lowest BCUT2D eigenvalue weighted by molar-refractivity contribution is 0.0948. The van der Waals surface area contributed by atoms with Crippen molar-refractivity contribution in [3.05, 3.63) is 29.3 Å². The van der Waals surface area contributed by atoms with E-state index in [9.17, 15) is 4.79 Å². The van der Waals surface area contributed by atoms with Crippen LogP contribution in [0.15, 0.2) is 18.2 Å². The molecule has 20 heavy (non-hydrogen) atoms. The van der Waals surface area contributed by atoms with E-state index in [2.05, 4.69) is 22.5 Å². The van der Waals surface area contributed by atoms with Crippen LogP contribution in [0.1, 0.15) is 29.3 Å². The molecule has 2 rings (SSSR count). The lowest BCUT2D eigenvalue weighted by Gasteiger charge is -2.15. The number of hydrogen-bond donors (Lipinski definition) is 2. The quantitative estimate of drug-likeness (QED) is 0.865. The highest BCUT2D eigenvalue weighted by molar-refractivity contribution is 5.99. The summed E-state index contributed by atoms with van der Waals surface area (Å²) in [6.45, 7) is 8.32. The van der Waals surface area contributed by atoms with Crippen LogP contribution in [0.2, 0.25) is 0 Å². The Morgan fingerprint density at radius 2 is 2.25 bits per heavy atom. The first-order chi connectivity index (χ1) is 9.63. The van der Waals surface area contributed by atoms with Gasteiger partial charge in [-0.15, -0.1) is 0 Å². The predicted octanol–water partition coefficient (Wildman–Crippen LogP) is 2.11. The standard InChI is InChI=1S/C16H25N3O/c1-4-19-8-7-13(11-19)10-18-16(20)14-9-12(2)5-6-15(14)17-3/h5-6,9,13,17H,4,7-8,10-11H2,1-3H3,(H,18,20). The normalized spacial score (nSPS) is 19.1. The van der Waals surface area contributed by atoms with Crippen molar-refractivity contribution in [3.63, 3.8) is 0 Å². The molecule has 110 valence electrons. The second kappa shape index (κ2) is 6.75. The monoisotopic (exact) mass is 275 g/mol. The third-order valence-corrected chi connectivity index (χ3v) is 4.06. The molecule has 0 saturated carbocycles. The zero-order valence-electron chi connectivity index (χ0n) is 12.7. The Balaban J connectivity index is 1.93. The summed E-state index contributed by atoms with van der Waals surface area (Å²) >= 11 is 0. The molecule has 0 aliphatic carbocycles. The Hall–Kier alpha value is -1.55. The van der Waals surface area contributed by atoms with Crippen LogP contribution in [0.5, 0.6) is 0 Å². The van der Waals surface area contributed by atoms with Gasteiger partial charge in [0.2, 0.25) is 0 Å². The topological polar surface area (TPSA) is 44.4 Å². The number of aryl methyl sites for hydroxylation is 1. The third-order valence-electron chi connectivity index (χ3n) is 4.06. The average molecular weight is 275 g/mol. The molecule has 0 bridgehead atoms. The van der Waals surface area contributed by atoms with E-state index in [-0.39, 0.29) is 5.91 Å². The van der Waals surface area contributed by atoms with Gasteiger partial charge in [-0.05, 0) is 44.5 Å². The fourth-order valence-electron chi connectivity index (χ4n) is 2.76. The lowest BCUT2D eigenvalue weighted by atomic mass is 10.1. The largest absolute Gasteiger partial charge is 0.387 e. The van der Waals surface area contributed by atoms with E-state index in [1.165, 1.54) is 6.42 Å². The Bertz CT molecular complexity index is 473. The van der Waals surface area contributed by atoms with Gasteiger partial charge in [0.05, 0.1) is 5.56 Å². The maximum absolute atomic E-state index is 12.3. The highest BCUT2D eigenvalue weighted by Gasteiger charge is 2.22. The molecule has 0 aromatic heterocycles. The van der Waals surface area contributed by atoms with E-state index in [4.69, 9.17) is 0 Å². The molecule has 1 aliphatic heterocycles. The molecule has 0 radical (unpaired) electrons. The third kappa shape index (κ3) is 3.51. The number of amides is 1. The molecule has 1 saturated heterocycles. The van der Waals surface area contributed by atoms with Gasteiger partial charge in [-0.25, -0.2) is 0 Å². The number of rotatable bonds is 5. The Morgan fingerprint density at radius 1 is 1.45 bits per heavy atom. The van der Waals surface area contributed by atoms with E-state index in [1.54, 1.807) is 0 Å². The van der Waals surface area contributed by atoms with Crippen molar-refractivity contribution in [2.24, 2.45) is 5.92 Å². The van der Waals surface area contributed by atoms with Crippen molar-refractivity contribution in [1.29, 1.82) is 0 Å². The Morgan fingerprint density at radius 3 is 2.90 bits per heavy atom. The molecule has 1 atom stereocenters. The maximum Gasteiger partial charge on any atom is 0.253 e. The van der Waals surface area contributed by atoms with E-state index in [0.29, 0.717) is 5.92 Å². The fourth-order valence-corrected chi connectivity index (χ4v) is 2.76. The molecule has 1 heterocycles. The molecule has 0 spiro atoms. The molecule has 4 nitrogen and oxygen atoms in total. The van der Waals surface area contributed by atoms with Crippen molar-refractivity contribution in [1.82, 2.24) is 10.2 Å². The number of anilines is 1. The molecule has 1 aromatic rings.